The highest BCUT2D eigenvalue weighted by Crippen LogP contribution is 2.24. The van der Waals surface area contributed by atoms with Crippen molar-refractivity contribution >= 4 is 33.1 Å². The van der Waals surface area contributed by atoms with Crippen LogP contribution in [0.25, 0.3) is 0 Å². The molecule has 1 aromatic rings. The van der Waals surface area contributed by atoms with Gasteiger partial charge < -0.3 is 10.5 Å². The Morgan fingerprint density at radius 3 is 2.74 bits per heavy atom. The highest BCUT2D eigenvalue weighted by Gasteiger charge is 2.13. The summed E-state index contributed by atoms with van der Waals surface area (Å²) in [5, 5.41) is 0. The minimum atomic E-state index is 0.222. The lowest BCUT2D eigenvalue weighted by Gasteiger charge is -2.24. The minimum Gasteiger partial charge on any atom is -0.497 e. The molecule has 0 radical (unpaired) electrons. The molecule has 0 aromatic heterocycles. The van der Waals surface area contributed by atoms with Crippen LogP contribution in [-0.2, 0) is 6.54 Å². The predicted molar refractivity (Wildman–Crippen MR) is 87.6 cm³/mol. The van der Waals surface area contributed by atoms with E-state index < -0.39 is 0 Å². The second-order valence-electron chi connectivity index (χ2n) is 4.59. The van der Waals surface area contributed by atoms with E-state index in [0.717, 1.165) is 29.9 Å². The number of benzene rings is 1. The quantitative estimate of drug-likeness (QED) is 0.771. The fraction of sp³-hybridized carbons (Fsp3) is 0.500. The topological polar surface area (TPSA) is 38.5 Å². The molecule has 19 heavy (non-hydrogen) atoms. The van der Waals surface area contributed by atoms with Gasteiger partial charge in [0.15, 0.2) is 0 Å². The van der Waals surface area contributed by atoms with Gasteiger partial charge in [-0.05, 0) is 30.3 Å². The number of nitrogens with two attached hydrogens (primary N) is 1. The average molecular weight is 345 g/mol. The molecular weight excluding hydrogens is 324 g/mol. The molecule has 1 unspecified atom stereocenters. The van der Waals surface area contributed by atoms with Crippen molar-refractivity contribution in [1.29, 1.82) is 0 Å². The first-order valence-corrected chi connectivity index (χ1v) is 7.52. The van der Waals surface area contributed by atoms with Gasteiger partial charge in [0.25, 0.3) is 0 Å². The van der Waals surface area contributed by atoms with Crippen LogP contribution < -0.4 is 10.5 Å². The molecule has 0 heterocycles. The van der Waals surface area contributed by atoms with E-state index >= 15 is 0 Å². The Kier molecular flexibility index (Phi) is 6.75. The predicted octanol–water partition coefficient (Wildman–Crippen LogP) is 3.20. The Bertz CT molecular complexity index is 439. The van der Waals surface area contributed by atoms with E-state index in [2.05, 4.69) is 40.7 Å². The van der Waals surface area contributed by atoms with Gasteiger partial charge in [-0.3, -0.25) is 4.90 Å². The Morgan fingerprint density at radius 2 is 2.21 bits per heavy atom. The fourth-order valence-corrected chi connectivity index (χ4v) is 2.27. The van der Waals surface area contributed by atoms with Gasteiger partial charge in [-0.1, -0.05) is 42.0 Å². The SMILES string of the molecule is CCN(Cc1cc(OC)ccc1Br)CC(C)C(N)=S. The highest BCUT2D eigenvalue weighted by molar-refractivity contribution is 9.10. The third-order valence-electron chi connectivity index (χ3n) is 3.11. The van der Waals surface area contributed by atoms with Crippen LogP contribution in [0.3, 0.4) is 0 Å². The zero-order chi connectivity index (χ0) is 14.4. The van der Waals surface area contributed by atoms with Crippen LogP contribution in [0.15, 0.2) is 22.7 Å². The van der Waals surface area contributed by atoms with Crippen LogP contribution in [0, 0.1) is 5.92 Å². The van der Waals surface area contributed by atoms with Gasteiger partial charge >= 0.3 is 0 Å². The first-order valence-electron chi connectivity index (χ1n) is 6.32. The van der Waals surface area contributed by atoms with E-state index in [-0.39, 0.29) is 5.92 Å². The van der Waals surface area contributed by atoms with Crippen molar-refractivity contribution in [1.82, 2.24) is 4.90 Å². The van der Waals surface area contributed by atoms with Crippen LogP contribution in [0.2, 0.25) is 0 Å². The summed E-state index contributed by atoms with van der Waals surface area (Å²) in [6, 6.07) is 6.01. The van der Waals surface area contributed by atoms with Gasteiger partial charge in [-0.25, -0.2) is 0 Å². The third kappa shape index (κ3) is 5.09. The molecule has 1 rings (SSSR count). The molecule has 0 bridgehead atoms. The lowest BCUT2D eigenvalue weighted by atomic mass is 10.1. The van der Waals surface area contributed by atoms with Crippen LogP contribution in [0.5, 0.6) is 5.75 Å². The molecule has 0 saturated heterocycles. The van der Waals surface area contributed by atoms with E-state index in [0.29, 0.717) is 4.99 Å². The van der Waals surface area contributed by atoms with Crippen LogP contribution in [0.4, 0.5) is 0 Å². The Balaban J connectivity index is 2.77. The van der Waals surface area contributed by atoms with Gasteiger partial charge in [0.2, 0.25) is 0 Å². The molecule has 1 atom stereocenters. The number of hydrogen-bond acceptors (Lipinski definition) is 3. The second kappa shape index (κ2) is 7.82. The third-order valence-corrected chi connectivity index (χ3v) is 4.29. The van der Waals surface area contributed by atoms with Gasteiger partial charge in [-0.15, -0.1) is 0 Å². The summed E-state index contributed by atoms with van der Waals surface area (Å²) in [4.78, 5) is 2.90. The molecule has 0 aliphatic rings. The number of methoxy groups -OCH3 is 1. The van der Waals surface area contributed by atoms with Crippen LogP contribution in [-0.4, -0.2) is 30.1 Å². The number of halogens is 1. The fourth-order valence-electron chi connectivity index (χ4n) is 1.82. The monoisotopic (exact) mass is 344 g/mol. The first kappa shape index (κ1) is 16.4. The molecule has 0 fully saturated rings. The summed E-state index contributed by atoms with van der Waals surface area (Å²) in [6.07, 6.45) is 0. The van der Waals surface area contributed by atoms with Gasteiger partial charge in [0.1, 0.15) is 5.75 Å². The summed E-state index contributed by atoms with van der Waals surface area (Å²) < 4.78 is 6.36. The lowest BCUT2D eigenvalue weighted by Crippen LogP contribution is -2.33. The Labute approximate surface area is 129 Å². The van der Waals surface area contributed by atoms with Gasteiger partial charge in [0, 0.05) is 23.5 Å². The maximum absolute atomic E-state index is 5.68. The lowest BCUT2D eigenvalue weighted by molar-refractivity contribution is 0.263. The molecule has 0 spiro atoms. The molecular formula is C14H21BrN2OS. The molecule has 0 amide bonds. The van der Waals surface area contributed by atoms with Gasteiger partial charge in [-0.2, -0.15) is 0 Å². The Morgan fingerprint density at radius 1 is 1.53 bits per heavy atom. The molecule has 3 nitrogen and oxygen atoms in total. The summed E-state index contributed by atoms with van der Waals surface area (Å²) in [5.74, 6) is 1.09. The van der Waals surface area contributed by atoms with Crippen molar-refractivity contribution in [3.63, 3.8) is 0 Å². The molecule has 106 valence electrons. The molecule has 2 N–H and O–H groups in total. The first-order chi connectivity index (χ1) is 8.97. The number of ether oxygens (including phenoxy) is 1. The number of nitrogens with zero attached hydrogens (tertiary/aromatic N) is 1. The zero-order valence-electron chi connectivity index (χ0n) is 11.6. The largest absolute Gasteiger partial charge is 0.497 e. The summed E-state index contributed by atoms with van der Waals surface area (Å²) in [6.45, 7) is 6.87. The normalized spacial score (nSPS) is 12.5. The second-order valence-corrected chi connectivity index (χ2v) is 5.91. The maximum Gasteiger partial charge on any atom is 0.119 e. The number of thiocarbonyl (C=S) groups is 1. The van der Waals surface area contributed by atoms with Crippen LogP contribution in [0.1, 0.15) is 19.4 Å². The number of rotatable bonds is 7. The summed E-state index contributed by atoms with van der Waals surface area (Å²) >= 11 is 8.62. The minimum absolute atomic E-state index is 0.222. The van der Waals surface area contributed by atoms with E-state index in [1.54, 1.807) is 7.11 Å². The van der Waals surface area contributed by atoms with Gasteiger partial charge in [0.05, 0.1) is 12.1 Å². The Hall–Kier alpha value is -0.650. The summed E-state index contributed by atoms with van der Waals surface area (Å²) in [7, 11) is 1.68. The molecule has 0 saturated carbocycles. The molecule has 0 aliphatic carbocycles. The standard InChI is InChI=1S/C14H21BrN2OS/c1-4-17(8-10(2)14(16)19)9-11-7-12(18-3)5-6-13(11)15/h5-7,10H,4,8-9H2,1-3H3,(H2,16,19). The van der Waals surface area contributed by atoms with Crippen molar-refractivity contribution in [2.45, 2.75) is 20.4 Å². The average Bonchev–Trinajstić information content (AvgIpc) is 2.39. The van der Waals surface area contributed by atoms with Crippen molar-refractivity contribution in [3.05, 3.63) is 28.2 Å². The highest BCUT2D eigenvalue weighted by atomic mass is 79.9. The van der Waals surface area contributed by atoms with E-state index in [1.807, 2.05) is 12.1 Å². The van der Waals surface area contributed by atoms with Crippen molar-refractivity contribution in [2.75, 3.05) is 20.2 Å². The smallest absolute Gasteiger partial charge is 0.119 e. The summed E-state index contributed by atoms with van der Waals surface area (Å²) in [5.41, 5.74) is 6.89. The van der Waals surface area contributed by atoms with Crippen molar-refractivity contribution in [2.24, 2.45) is 11.7 Å². The van der Waals surface area contributed by atoms with E-state index in [9.17, 15) is 0 Å². The van der Waals surface area contributed by atoms with E-state index in [4.69, 9.17) is 22.7 Å². The molecule has 5 heteroatoms. The number of hydrogen-bond donors (Lipinski definition) is 1. The molecule has 1 aromatic carbocycles. The molecule has 0 aliphatic heterocycles. The van der Waals surface area contributed by atoms with Crippen molar-refractivity contribution in [3.8, 4) is 5.75 Å². The maximum atomic E-state index is 5.68. The van der Waals surface area contributed by atoms with Crippen molar-refractivity contribution < 1.29 is 4.74 Å². The zero-order valence-corrected chi connectivity index (χ0v) is 14.1. The van der Waals surface area contributed by atoms with E-state index in [1.165, 1.54) is 5.56 Å². The van der Waals surface area contributed by atoms with Crippen LogP contribution >= 0.6 is 28.1 Å².